The van der Waals surface area contributed by atoms with Crippen molar-refractivity contribution in [3.05, 3.63) is 0 Å². The summed E-state index contributed by atoms with van der Waals surface area (Å²) in [6.45, 7) is 10.7. The smallest absolute Gasteiger partial charge is 0.350 e. The molecule has 0 unspecified atom stereocenters. The fourth-order valence-corrected chi connectivity index (χ4v) is 0.827. The monoisotopic (exact) mass is 230 g/mol. The van der Waals surface area contributed by atoms with Crippen molar-refractivity contribution in [3.8, 4) is 0 Å². The predicted molar refractivity (Wildman–Crippen MR) is 60.8 cm³/mol. The Hall–Kier alpha value is -1.06. The minimum atomic E-state index is -1.21. The van der Waals surface area contributed by atoms with Crippen LogP contribution in [-0.2, 0) is 19.1 Å². The fraction of sp³-hybridized carbons (Fsp3) is 0.833. The van der Waals surface area contributed by atoms with Gasteiger partial charge in [-0.3, -0.25) is 4.79 Å². The quantitative estimate of drug-likeness (QED) is 0.679. The lowest BCUT2D eigenvalue weighted by atomic mass is 10.1. The number of ether oxygens (including phenoxy) is 2. The lowest BCUT2D eigenvalue weighted by molar-refractivity contribution is -0.181. The molecule has 0 aromatic rings. The summed E-state index contributed by atoms with van der Waals surface area (Å²) in [7, 11) is 0. The third-order valence-electron chi connectivity index (χ3n) is 1.87. The highest BCUT2D eigenvalue weighted by atomic mass is 16.6. The minimum absolute atomic E-state index is 0.253. The van der Waals surface area contributed by atoms with Gasteiger partial charge in [0.05, 0.1) is 12.5 Å². The third kappa shape index (κ3) is 5.14. The van der Waals surface area contributed by atoms with E-state index in [0.29, 0.717) is 6.61 Å². The van der Waals surface area contributed by atoms with Gasteiger partial charge in [-0.2, -0.15) is 0 Å². The van der Waals surface area contributed by atoms with E-state index in [2.05, 4.69) is 0 Å². The van der Waals surface area contributed by atoms with Gasteiger partial charge in [0, 0.05) is 0 Å². The van der Waals surface area contributed by atoms with Crippen LogP contribution in [0.2, 0.25) is 0 Å². The molecule has 0 fully saturated rings. The zero-order valence-electron chi connectivity index (χ0n) is 11.0. The molecule has 4 heteroatoms. The maximum atomic E-state index is 11.6. The molecule has 94 valence electrons. The molecule has 0 radical (unpaired) electrons. The van der Waals surface area contributed by atoms with E-state index in [-0.39, 0.29) is 11.8 Å². The van der Waals surface area contributed by atoms with Gasteiger partial charge < -0.3 is 9.47 Å². The number of rotatable bonds is 5. The summed E-state index contributed by atoms with van der Waals surface area (Å²) in [5.41, 5.74) is -1.21. The Morgan fingerprint density at radius 2 is 1.62 bits per heavy atom. The van der Waals surface area contributed by atoms with Crippen LogP contribution >= 0.6 is 0 Å². The summed E-state index contributed by atoms with van der Waals surface area (Å²) in [5, 5.41) is 0. The molecule has 0 aliphatic heterocycles. The van der Waals surface area contributed by atoms with Crippen LogP contribution in [-0.4, -0.2) is 24.1 Å². The highest BCUT2D eigenvalue weighted by Gasteiger charge is 2.34. The molecular weight excluding hydrogens is 208 g/mol. The van der Waals surface area contributed by atoms with Gasteiger partial charge >= 0.3 is 11.9 Å². The van der Waals surface area contributed by atoms with Crippen molar-refractivity contribution in [3.63, 3.8) is 0 Å². The zero-order chi connectivity index (χ0) is 12.9. The molecule has 0 aliphatic carbocycles. The Morgan fingerprint density at radius 1 is 1.12 bits per heavy atom. The zero-order valence-corrected chi connectivity index (χ0v) is 11.0. The average molecular weight is 230 g/mol. The van der Waals surface area contributed by atoms with Crippen LogP contribution in [0.25, 0.3) is 0 Å². The van der Waals surface area contributed by atoms with Crippen LogP contribution < -0.4 is 0 Å². The third-order valence-corrected chi connectivity index (χ3v) is 1.87. The van der Waals surface area contributed by atoms with Gasteiger partial charge in [-0.15, -0.1) is 0 Å². The summed E-state index contributed by atoms with van der Waals surface area (Å²) in [6, 6.07) is 0. The van der Waals surface area contributed by atoms with Gasteiger partial charge in [0.15, 0.2) is 0 Å². The van der Waals surface area contributed by atoms with Gasteiger partial charge in [-0.05, 0) is 19.8 Å². The SMILES string of the molecule is CC(C)COC(=O)C(C)(C)OC(=O)C(C)C. The summed E-state index contributed by atoms with van der Waals surface area (Å²) >= 11 is 0. The molecule has 0 amide bonds. The van der Waals surface area contributed by atoms with Crippen LogP contribution in [0.4, 0.5) is 0 Å². The Kier molecular flexibility index (Phi) is 5.48. The van der Waals surface area contributed by atoms with E-state index in [1.54, 1.807) is 13.8 Å². The standard InChI is InChI=1S/C12H22O4/c1-8(2)7-15-11(14)12(5,6)16-10(13)9(3)4/h8-9H,7H2,1-6H3. The van der Waals surface area contributed by atoms with Gasteiger partial charge in [0.1, 0.15) is 0 Å². The van der Waals surface area contributed by atoms with Crippen molar-refractivity contribution in [1.29, 1.82) is 0 Å². The van der Waals surface area contributed by atoms with E-state index in [0.717, 1.165) is 0 Å². The van der Waals surface area contributed by atoms with E-state index in [1.807, 2.05) is 13.8 Å². The first-order chi connectivity index (χ1) is 7.16. The second kappa shape index (κ2) is 5.87. The molecule has 0 heterocycles. The van der Waals surface area contributed by atoms with Crippen molar-refractivity contribution >= 4 is 11.9 Å². The maximum Gasteiger partial charge on any atom is 0.350 e. The molecular formula is C12H22O4. The second-order valence-electron chi connectivity index (χ2n) is 5.08. The van der Waals surface area contributed by atoms with Crippen molar-refractivity contribution in [2.45, 2.75) is 47.1 Å². The van der Waals surface area contributed by atoms with Crippen molar-refractivity contribution in [1.82, 2.24) is 0 Å². The van der Waals surface area contributed by atoms with E-state index in [9.17, 15) is 9.59 Å². The van der Waals surface area contributed by atoms with E-state index in [1.165, 1.54) is 13.8 Å². The van der Waals surface area contributed by atoms with Gasteiger partial charge in [-0.25, -0.2) is 4.79 Å². The van der Waals surface area contributed by atoms with Crippen LogP contribution in [0, 0.1) is 11.8 Å². The molecule has 0 saturated heterocycles. The van der Waals surface area contributed by atoms with Gasteiger partial charge in [0.2, 0.25) is 5.60 Å². The van der Waals surface area contributed by atoms with Gasteiger partial charge in [-0.1, -0.05) is 27.7 Å². The molecule has 0 rings (SSSR count). The Bertz CT molecular complexity index is 254. The Labute approximate surface area is 97.3 Å². The number of hydrogen-bond acceptors (Lipinski definition) is 4. The molecule has 0 aliphatic rings. The first kappa shape index (κ1) is 14.9. The molecule has 16 heavy (non-hydrogen) atoms. The van der Waals surface area contributed by atoms with Crippen molar-refractivity contribution < 1.29 is 19.1 Å². The average Bonchev–Trinajstić information content (AvgIpc) is 2.12. The molecule has 4 nitrogen and oxygen atoms in total. The van der Waals surface area contributed by atoms with E-state index in [4.69, 9.17) is 9.47 Å². The van der Waals surface area contributed by atoms with Crippen LogP contribution in [0.15, 0.2) is 0 Å². The van der Waals surface area contributed by atoms with Crippen molar-refractivity contribution in [2.24, 2.45) is 11.8 Å². The second-order valence-corrected chi connectivity index (χ2v) is 5.08. The molecule has 0 N–H and O–H groups in total. The molecule has 0 saturated carbocycles. The van der Waals surface area contributed by atoms with Crippen LogP contribution in [0.3, 0.4) is 0 Å². The highest BCUT2D eigenvalue weighted by molar-refractivity contribution is 5.83. The lowest BCUT2D eigenvalue weighted by Gasteiger charge is -2.24. The van der Waals surface area contributed by atoms with Crippen molar-refractivity contribution in [2.75, 3.05) is 6.61 Å². The number of carbonyl (C=O) groups is 2. The molecule has 0 aromatic heterocycles. The largest absolute Gasteiger partial charge is 0.462 e. The molecule has 0 aromatic carbocycles. The molecule has 0 bridgehead atoms. The summed E-state index contributed by atoms with van der Waals surface area (Å²) in [4.78, 5) is 23.0. The topological polar surface area (TPSA) is 52.6 Å². The Balaban J connectivity index is 4.31. The number of hydrogen-bond donors (Lipinski definition) is 0. The maximum absolute atomic E-state index is 11.6. The van der Waals surface area contributed by atoms with E-state index >= 15 is 0 Å². The predicted octanol–water partition coefficient (Wildman–Crippen LogP) is 2.16. The van der Waals surface area contributed by atoms with E-state index < -0.39 is 17.5 Å². The minimum Gasteiger partial charge on any atom is -0.462 e. The summed E-state index contributed by atoms with van der Waals surface area (Å²) in [6.07, 6.45) is 0. The summed E-state index contributed by atoms with van der Waals surface area (Å²) in [5.74, 6) is -0.889. The lowest BCUT2D eigenvalue weighted by Crippen LogP contribution is -2.40. The fourth-order valence-electron chi connectivity index (χ4n) is 0.827. The van der Waals surface area contributed by atoms with Gasteiger partial charge in [0.25, 0.3) is 0 Å². The molecule has 0 atom stereocenters. The highest BCUT2D eigenvalue weighted by Crippen LogP contribution is 2.15. The number of esters is 2. The first-order valence-electron chi connectivity index (χ1n) is 5.57. The number of carbonyl (C=O) groups excluding carboxylic acids is 2. The van der Waals surface area contributed by atoms with Crippen LogP contribution in [0.1, 0.15) is 41.5 Å². The normalized spacial score (nSPS) is 11.8. The Morgan fingerprint density at radius 3 is 2.00 bits per heavy atom. The van der Waals surface area contributed by atoms with Crippen LogP contribution in [0.5, 0.6) is 0 Å². The molecule has 0 spiro atoms. The summed E-state index contributed by atoms with van der Waals surface area (Å²) < 4.78 is 10.1. The first-order valence-corrected chi connectivity index (χ1v) is 5.57.